The van der Waals surface area contributed by atoms with Gasteiger partial charge in [-0.15, -0.1) is 0 Å². The Morgan fingerprint density at radius 2 is 2.25 bits per heavy atom. The quantitative estimate of drug-likeness (QED) is 0.740. The Labute approximate surface area is 74.8 Å². The van der Waals surface area contributed by atoms with Crippen molar-refractivity contribution in [3.05, 3.63) is 34.6 Å². The Balaban J connectivity index is 3.01. The number of hydrogen-bond acceptors (Lipinski definition) is 2. The van der Waals surface area contributed by atoms with Crippen LogP contribution in [0.25, 0.3) is 0 Å². The van der Waals surface area contributed by atoms with E-state index in [2.05, 4.69) is 0 Å². The largest absolute Gasteiger partial charge is 0.394 e. The molecule has 12 heavy (non-hydrogen) atoms. The molecule has 0 fully saturated rings. The normalized spacial score (nSPS) is 13.0. The maximum atomic E-state index is 13.0. The molecule has 4 heteroatoms. The van der Waals surface area contributed by atoms with E-state index in [1.54, 1.807) is 0 Å². The molecule has 0 saturated carbocycles. The van der Waals surface area contributed by atoms with Crippen molar-refractivity contribution in [2.75, 3.05) is 6.61 Å². The highest BCUT2D eigenvalue weighted by Gasteiger charge is 2.09. The van der Waals surface area contributed by atoms with E-state index in [4.69, 9.17) is 22.4 Å². The Bertz CT molecular complexity index is 280. The van der Waals surface area contributed by atoms with E-state index in [1.807, 2.05) is 0 Å². The van der Waals surface area contributed by atoms with Crippen molar-refractivity contribution in [1.82, 2.24) is 0 Å². The molecule has 0 radical (unpaired) electrons. The maximum Gasteiger partial charge on any atom is 0.129 e. The molecular formula is C8H9ClFNO. The van der Waals surface area contributed by atoms with Gasteiger partial charge in [0.05, 0.1) is 12.6 Å². The molecule has 1 aromatic rings. The van der Waals surface area contributed by atoms with Crippen LogP contribution in [0.1, 0.15) is 11.6 Å². The second-order valence-corrected chi connectivity index (χ2v) is 2.89. The van der Waals surface area contributed by atoms with E-state index < -0.39 is 11.9 Å². The lowest BCUT2D eigenvalue weighted by atomic mass is 10.1. The lowest BCUT2D eigenvalue weighted by Gasteiger charge is -2.09. The number of hydrogen-bond donors (Lipinski definition) is 2. The van der Waals surface area contributed by atoms with Crippen molar-refractivity contribution in [1.29, 1.82) is 0 Å². The van der Waals surface area contributed by atoms with E-state index >= 15 is 0 Å². The fourth-order valence-corrected chi connectivity index (χ4v) is 1.06. The first kappa shape index (κ1) is 9.45. The van der Waals surface area contributed by atoms with E-state index in [1.165, 1.54) is 18.2 Å². The lowest BCUT2D eigenvalue weighted by molar-refractivity contribution is 0.265. The zero-order valence-corrected chi connectivity index (χ0v) is 7.05. The van der Waals surface area contributed by atoms with Crippen LogP contribution in [0.4, 0.5) is 4.39 Å². The summed E-state index contributed by atoms with van der Waals surface area (Å²) in [4.78, 5) is 0. The van der Waals surface area contributed by atoms with Gasteiger partial charge in [0.25, 0.3) is 0 Å². The highest BCUT2D eigenvalue weighted by Crippen LogP contribution is 2.18. The maximum absolute atomic E-state index is 13.0. The number of halogens is 2. The molecule has 0 spiro atoms. The Morgan fingerprint density at radius 1 is 1.58 bits per heavy atom. The molecule has 2 nitrogen and oxygen atoms in total. The van der Waals surface area contributed by atoms with Gasteiger partial charge in [-0.25, -0.2) is 4.39 Å². The molecule has 0 heterocycles. The molecule has 0 aliphatic carbocycles. The van der Waals surface area contributed by atoms with E-state index in [0.717, 1.165) is 0 Å². The topological polar surface area (TPSA) is 46.2 Å². The molecule has 0 amide bonds. The average molecular weight is 190 g/mol. The lowest BCUT2D eigenvalue weighted by Crippen LogP contribution is -2.15. The molecule has 0 aliphatic heterocycles. The fraction of sp³-hybridized carbons (Fsp3) is 0.250. The second-order valence-electron chi connectivity index (χ2n) is 2.45. The Morgan fingerprint density at radius 3 is 2.75 bits per heavy atom. The minimum atomic E-state index is -0.678. The van der Waals surface area contributed by atoms with Gasteiger partial charge in [0.2, 0.25) is 0 Å². The molecule has 0 bridgehead atoms. The Kier molecular flexibility index (Phi) is 3.03. The summed E-state index contributed by atoms with van der Waals surface area (Å²) in [6, 6.07) is 3.50. The number of rotatable bonds is 2. The zero-order valence-electron chi connectivity index (χ0n) is 6.30. The third-order valence-electron chi connectivity index (χ3n) is 1.56. The van der Waals surface area contributed by atoms with Crippen molar-refractivity contribution >= 4 is 11.6 Å². The van der Waals surface area contributed by atoms with Gasteiger partial charge in [0.1, 0.15) is 5.82 Å². The van der Waals surface area contributed by atoms with Crippen LogP contribution < -0.4 is 5.73 Å². The van der Waals surface area contributed by atoms with Gasteiger partial charge in [-0.3, -0.25) is 0 Å². The SMILES string of the molecule is N[C@H](CO)c1ccc(Cl)cc1F. The molecular weight excluding hydrogens is 181 g/mol. The first-order valence-electron chi connectivity index (χ1n) is 3.46. The summed E-state index contributed by atoms with van der Waals surface area (Å²) < 4.78 is 13.0. The summed E-state index contributed by atoms with van der Waals surface area (Å²) in [5, 5.41) is 8.98. The summed E-state index contributed by atoms with van der Waals surface area (Å²) in [5.41, 5.74) is 5.69. The highest BCUT2D eigenvalue weighted by atomic mass is 35.5. The number of benzene rings is 1. The van der Waals surface area contributed by atoms with Crippen LogP contribution in [0.3, 0.4) is 0 Å². The smallest absolute Gasteiger partial charge is 0.129 e. The van der Waals surface area contributed by atoms with Gasteiger partial charge in [-0.1, -0.05) is 17.7 Å². The van der Waals surface area contributed by atoms with Gasteiger partial charge >= 0.3 is 0 Å². The van der Waals surface area contributed by atoms with Crippen molar-refractivity contribution < 1.29 is 9.50 Å². The van der Waals surface area contributed by atoms with Crippen LogP contribution in [0, 0.1) is 5.82 Å². The first-order valence-corrected chi connectivity index (χ1v) is 3.84. The number of aliphatic hydroxyl groups is 1. The summed E-state index contributed by atoms with van der Waals surface area (Å²) >= 11 is 5.52. The molecule has 66 valence electrons. The highest BCUT2D eigenvalue weighted by molar-refractivity contribution is 6.30. The number of aliphatic hydroxyl groups excluding tert-OH is 1. The molecule has 1 aromatic carbocycles. The van der Waals surface area contributed by atoms with Crippen LogP contribution in [0.2, 0.25) is 5.02 Å². The molecule has 1 atom stereocenters. The third-order valence-corrected chi connectivity index (χ3v) is 1.79. The van der Waals surface area contributed by atoms with E-state index in [0.29, 0.717) is 5.02 Å². The molecule has 0 unspecified atom stereocenters. The van der Waals surface area contributed by atoms with Gasteiger partial charge < -0.3 is 10.8 Å². The standard InChI is InChI=1S/C8H9ClFNO/c9-5-1-2-6(7(10)3-5)8(11)4-12/h1-3,8,12H,4,11H2/t8-/m1/s1. The fourth-order valence-electron chi connectivity index (χ4n) is 0.901. The van der Waals surface area contributed by atoms with Crippen molar-refractivity contribution in [3.63, 3.8) is 0 Å². The van der Waals surface area contributed by atoms with Gasteiger partial charge in [-0.2, -0.15) is 0 Å². The monoisotopic (exact) mass is 189 g/mol. The Hall–Kier alpha value is -0.640. The summed E-state index contributed by atoms with van der Waals surface area (Å²) in [7, 11) is 0. The average Bonchev–Trinajstić information content (AvgIpc) is 2.03. The van der Waals surface area contributed by atoms with Crippen LogP contribution in [-0.2, 0) is 0 Å². The minimum absolute atomic E-state index is 0.279. The summed E-state index contributed by atoms with van der Waals surface area (Å²) in [6.45, 7) is -0.279. The molecule has 0 aliphatic rings. The van der Waals surface area contributed by atoms with Crippen LogP contribution in [0.5, 0.6) is 0 Å². The van der Waals surface area contributed by atoms with E-state index in [-0.39, 0.29) is 12.2 Å². The van der Waals surface area contributed by atoms with Crippen LogP contribution in [-0.4, -0.2) is 11.7 Å². The zero-order chi connectivity index (χ0) is 9.14. The van der Waals surface area contributed by atoms with Gasteiger partial charge in [-0.05, 0) is 12.1 Å². The molecule has 0 saturated heterocycles. The number of nitrogens with two attached hydrogens (primary N) is 1. The molecule has 0 aromatic heterocycles. The molecule has 3 N–H and O–H groups in total. The first-order chi connectivity index (χ1) is 5.65. The third kappa shape index (κ3) is 1.94. The van der Waals surface area contributed by atoms with Crippen LogP contribution in [0.15, 0.2) is 18.2 Å². The minimum Gasteiger partial charge on any atom is -0.394 e. The van der Waals surface area contributed by atoms with Crippen molar-refractivity contribution in [2.45, 2.75) is 6.04 Å². The van der Waals surface area contributed by atoms with Crippen molar-refractivity contribution in [2.24, 2.45) is 5.73 Å². The van der Waals surface area contributed by atoms with Crippen LogP contribution >= 0.6 is 11.6 Å². The second kappa shape index (κ2) is 3.85. The molecule has 1 rings (SSSR count). The van der Waals surface area contributed by atoms with Gasteiger partial charge in [0, 0.05) is 10.6 Å². The summed E-state index contributed by atoms with van der Waals surface area (Å²) in [5.74, 6) is -0.482. The van der Waals surface area contributed by atoms with Crippen molar-refractivity contribution in [3.8, 4) is 0 Å². The predicted octanol–water partition coefficient (Wildman–Crippen LogP) is 1.47. The van der Waals surface area contributed by atoms with E-state index in [9.17, 15) is 4.39 Å². The predicted molar refractivity (Wildman–Crippen MR) is 45.4 cm³/mol. The van der Waals surface area contributed by atoms with Gasteiger partial charge in [0.15, 0.2) is 0 Å². The summed E-state index contributed by atoms with van der Waals surface area (Å²) in [6.07, 6.45) is 0.